The monoisotopic (exact) mass is 336 g/mol. The van der Waals surface area contributed by atoms with Crippen LogP contribution in [0.4, 0.5) is 0 Å². The quantitative estimate of drug-likeness (QED) is 0.836. The van der Waals surface area contributed by atoms with Crippen molar-refractivity contribution in [3.63, 3.8) is 0 Å². The summed E-state index contributed by atoms with van der Waals surface area (Å²) in [5.41, 5.74) is 1.81. The van der Waals surface area contributed by atoms with Crippen LogP contribution in [0.15, 0.2) is 30.3 Å². The van der Waals surface area contributed by atoms with E-state index < -0.39 is 0 Å². The third-order valence-corrected chi connectivity index (χ3v) is 4.07. The Morgan fingerprint density at radius 3 is 2.70 bits per heavy atom. The minimum Gasteiger partial charge on any atom is -0.352 e. The number of para-hydroxylation sites is 1. The van der Waals surface area contributed by atoms with Gasteiger partial charge < -0.3 is 10.3 Å². The number of hydrogen-bond acceptors (Lipinski definition) is 2. The molecule has 108 valence electrons. The number of aromatic nitrogens is 1. The van der Waals surface area contributed by atoms with Crippen molar-refractivity contribution in [2.24, 2.45) is 5.92 Å². The van der Waals surface area contributed by atoms with Crippen molar-refractivity contribution in [2.75, 3.05) is 13.1 Å². The first-order valence-electron chi connectivity index (χ1n) is 7.14. The molecule has 1 aliphatic heterocycles. The highest BCUT2D eigenvalue weighted by Gasteiger charge is 2.16. The van der Waals surface area contributed by atoms with Crippen molar-refractivity contribution < 1.29 is 4.79 Å². The molecule has 0 spiro atoms. The molecule has 20 heavy (non-hydrogen) atoms. The number of rotatable bonds is 4. The predicted octanol–water partition coefficient (Wildman–Crippen LogP) is 3.71. The fourth-order valence-electron chi connectivity index (χ4n) is 2.86. The lowest BCUT2D eigenvalue weighted by atomic mass is 9.92. The van der Waals surface area contributed by atoms with Crippen LogP contribution in [-0.2, 0) is 0 Å². The molecule has 0 aliphatic carbocycles. The van der Waals surface area contributed by atoms with Crippen LogP contribution in [0.2, 0.25) is 0 Å². The second-order valence-electron chi connectivity index (χ2n) is 5.43. The van der Waals surface area contributed by atoms with E-state index in [0.717, 1.165) is 42.0 Å². The van der Waals surface area contributed by atoms with E-state index >= 15 is 0 Å². The topological polar surface area (TPSA) is 44.9 Å². The van der Waals surface area contributed by atoms with Crippen LogP contribution in [0.5, 0.6) is 0 Å². The lowest BCUT2D eigenvalue weighted by molar-refractivity contribution is 0.0967. The number of carbonyl (C=O) groups excluding carboxylic acids is 1. The van der Waals surface area contributed by atoms with E-state index in [1.54, 1.807) is 0 Å². The molecule has 2 N–H and O–H groups in total. The van der Waals surface area contributed by atoms with Gasteiger partial charge in [0.1, 0.15) is 0 Å². The van der Waals surface area contributed by atoms with E-state index in [0.29, 0.717) is 6.42 Å². The van der Waals surface area contributed by atoms with Crippen molar-refractivity contribution in [1.82, 2.24) is 10.3 Å². The van der Waals surface area contributed by atoms with Crippen LogP contribution in [-0.4, -0.2) is 23.9 Å². The van der Waals surface area contributed by atoms with E-state index in [1.165, 1.54) is 12.8 Å². The van der Waals surface area contributed by atoms with Crippen molar-refractivity contribution >= 4 is 33.7 Å². The molecule has 0 radical (unpaired) electrons. The molecule has 0 amide bonds. The lowest BCUT2D eigenvalue weighted by Gasteiger charge is -2.21. The number of nitrogens with one attached hydrogen (secondary N) is 2. The van der Waals surface area contributed by atoms with Crippen LogP contribution in [0.3, 0.4) is 0 Å². The molecule has 0 saturated carbocycles. The van der Waals surface area contributed by atoms with Gasteiger partial charge in [0.05, 0.1) is 5.69 Å². The molecule has 1 aromatic carbocycles. The summed E-state index contributed by atoms with van der Waals surface area (Å²) in [7, 11) is 0. The highest BCUT2D eigenvalue weighted by molar-refractivity contribution is 8.93. The predicted molar refractivity (Wildman–Crippen MR) is 87.8 cm³/mol. The van der Waals surface area contributed by atoms with Crippen molar-refractivity contribution in [1.29, 1.82) is 0 Å². The number of benzene rings is 1. The highest BCUT2D eigenvalue weighted by Crippen LogP contribution is 2.21. The van der Waals surface area contributed by atoms with E-state index in [-0.39, 0.29) is 22.8 Å². The third-order valence-electron chi connectivity index (χ3n) is 4.07. The number of piperidine rings is 1. The normalized spacial score (nSPS) is 16.0. The van der Waals surface area contributed by atoms with E-state index in [2.05, 4.69) is 10.3 Å². The molecule has 3 nitrogen and oxygen atoms in total. The summed E-state index contributed by atoms with van der Waals surface area (Å²) >= 11 is 0. The van der Waals surface area contributed by atoms with Gasteiger partial charge in [-0.05, 0) is 50.4 Å². The minimum atomic E-state index is 0. The minimum absolute atomic E-state index is 0. The summed E-state index contributed by atoms with van der Waals surface area (Å²) in [6.07, 6.45) is 4.10. The largest absolute Gasteiger partial charge is 0.352 e. The molecular weight excluding hydrogens is 316 g/mol. The zero-order valence-corrected chi connectivity index (χ0v) is 13.2. The number of hydrogen-bond donors (Lipinski definition) is 2. The first kappa shape index (κ1) is 15.3. The Balaban J connectivity index is 0.00000147. The molecule has 2 aromatic rings. The van der Waals surface area contributed by atoms with Crippen LogP contribution in [0, 0.1) is 5.92 Å². The van der Waals surface area contributed by atoms with E-state index in [4.69, 9.17) is 0 Å². The Morgan fingerprint density at radius 1 is 1.20 bits per heavy atom. The number of halogens is 1. The van der Waals surface area contributed by atoms with Gasteiger partial charge in [-0.2, -0.15) is 0 Å². The average Bonchev–Trinajstić information content (AvgIpc) is 2.90. The Bertz CT molecular complexity index is 540. The maximum atomic E-state index is 12.2. The van der Waals surface area contributed by atoms with Crippen LogP contribution >= 0.6 is 17.0 Å². The fourth-order valence-corrected chi connectivity index (χ4v) is 2.86. The van der Waals surface area contributed by atoms with Gasteiger partial charge >= 0.3 is 0 Å². The molecule has 0 atom stereocenters. The Labute approximate surface area is 129 Å². The van der Waals surface area contributed by atoms with Gasteiger partial charge in [-0.3, -0.25) is 4.79 Å². The summed E-state index contributed by atoms with van der Waals surface area (Å²) in [4.78, 5) is 15.4. The van der Waals surface area contributed by atoms with Crippen molar-refractivity contribution in [3.05, 3.63) is 36.0 Å². The molecule has 0 bridgehead atoms. The number of fused-ring (bicyclic) bond motifs is 1. The summed E-state index contributed by atoms with van der Waals surface area (Å²) in [5, 5.41) is 4.48. The van der Waals surface area contributed by atoms with Gasteiger partial charge in [-0.1, -0.05) is 18.2 Å². The second-order valence-corrected chi connectivity index (χ2v) is 5.43. The molecule has 2 heterocycles. The lowest BCUT2D eigenvalue weighted by Crippen LogP contribution is -2.28. The highest BCUT2D eigenvalue weighted by atomic mass is 79.9. The van der Waals surface area contributed by atoms with Gasteiger partial charge in [0, 0.05) is 17.3 Å². The maximum Gasteiger partial charge on any atom is 0.179 e. The standard InChI is InChI=1S/C16H20N2O.BrH/c19-16(6-5-12-7-9-17-10-8-12)15-11-13-3-1-2-4-14(13)18-15;/h1-4,11-12,17-18H,5-10H2;1H. The second kappa shape index (κ2) is 7.04. The van der Waals surface area contributed by atoms with E-state index in [1.807, 2.05) is 30.3 Å². The van der Waals surface area contributed by atoms with Gasteiger partial charge in [0.25, 0.3) is 0 Å². The molecule has 3 rings (SSSR count). The van der Waals surface area contributed by atoms with Gasteiger partial charge in [0.2, 0.25) is 0 Å². The molecule has 1 fully saturated rings. The number of H-pyrrole nitrogens is 1. The molecule has 1 saturated heterocycles. The molecule has 1 aliphatic rings. The molecule has 1 aromatic heterocycles. The maximum absolute atomic E-state index is 12.2. The Hall–Kier alpha value is -1.13. The van der Waals surface area contributed by atoms with Gasteiger partial charge in [-0.25, -0.2) is 0 Å². The smallest absolute Gasteiger partial charge is 0.179 e. The Kier molecular flexibility index (Phi) is 5.38. The SMILES string of the molecule is Br.O=C(CCC1CCNCC1)c1cc2ccccc2[nH]1. The summed E-state index contributed by atoms with van der Waals surface area (Å²) in [6.45, 7) is 2.20. The van der Waals surface area contributed by atoms with E-state index in [9.17, 15) is 4.79 Å². The van der Waals surface area contributed by atoms with Crippen LogP contribution in [0.1, 0.15) is 36.2 Å². The number of aromatic amines is 1. The van der Waals surface area contributed by atoms with Crippen molar-refractivity contribution in [3.8, 4) is 0 Å². The first-order chi connectivity index (χ1) is 9.33. The Morgan fingerprint density at radius 2 is 1.95 bits per heavy atom. The molecule has 0 unspecified atom stereocenters. The molecular formula is C16H21BrN2O. The first-order valence-corrected chi connectivity index (χ1v) is 7.14. The average molecular weight is 337 g/mol. The number of carbonyl (C=O) groups is 1. The summed E-state index contributed by atoms with van der Waals surface area (Å²) < 4.78 is 0. The molecule has 4 heteroatoms. The number of Topliss-reactive ketones (excluding diaryl/α,β-unsaturated/α-hetero) is 1. The zero-order valence-electron chi connectivity index (χ0n) is 11.5. The zero-order chi connectivity index (χ0) is 13.1. The summed E-state index contributed by atoms with van der Waals surface area (Å²) in [6, 6.07) is 10.0. The van der Waals surface area contributed by atoms with Crippen molar-refractivity contribution in [2.45, 2.75) is 25.7 Å². The summed E-state index contributed by atoms with van der Waals surface area (Å²) in [5.74, 6) is 0.962. The number of ketones is 1. The fraction of sp³-hybridized carbons (Fsp3) is 0.438. The van der Waals surface area contributed by atoms with Crippen LogP contribution < -0.4 is 5.32 Å². The van der Waals surface area contributed by atoms with Gasteiger partial charge in [0.15, 0.2) is 5.78 Å². The van der Waals surface area contributed by atoms with Gasteiger partial charge in [-0.15, -0.1) is 17.0 Å². The third kappa shape index (κ3) is 3.49. The van der Waals surface area contributed by atoms with Crippen LogP contribution in [0.25, 0.3) is 10.9 Å².